The lowest BCUT2D eigenvalue weighted by molar-refractivity contribution is -0.115. The van der Waals surface area contributed by atoms with Crippen molar-refractivity contribution in [3.8, 4) is 0 Å². The molecule has 1 N–H and O–H groups in total. The van der Waals surface area contributed by atoms with Crippen molar-refractivity contribution in [3.63, 3.8) is 0 Å². The minimum absolute atomic E-state index is 0.146. The van der Waals surface area contributed by atoms with Gasteiger partial charge in [0, 0.05) is 11.4 Å². The lowest BCUT2D eigenvalue weighted by Gasteiger charge is -2.01. The van der Waals surface area contributed by atoms with Gasteiger partial charge in [-0.05, 0) is 42.7 Å². The van der Waals surface area contributed by atoms with Crippen LogP contribution in [0.5, 0.6) is 0 Å². The molecule has 23 heavy (non-hydrogen) atoms. The highest BCUT2D eigenvalue weighted by Gasteiger charge is 2.19. The number of aliphatic imine (C=N–C) groups is 1. The van der Waals surface area contributed by atoms with Crippen molar-refractivity contribution in [1.82, 2.24) is 5.32 Å². The molecule has 0 radical (unpaired) electrons. The number of nitrogens with zero attached hydrogens (tertiary/aromatic N) is 1. The summed E-state index contributed by atoms with van der Waals surface area (Å²) in [4.78, 5) is 16.4. The highest BCUT2D eigenvalue weighted by molar-refractivity contribution is 6.30. The summed E-state index contributed by atoms with van der Waals surface area (Å²) in [5.41, 5.74) is 3.72. The number of halogens is 1. The van der Waals surface area contributed by atoms with Gasteiger partial charge in [-0.3, -0.25) is 4.79 Å². The molecule has 2 aromatic carbocycles. The van der Waals surface area contributed by atoms with Crippen LogP contribution in [0.25, 0.3) is 6.08 Å². The molecule has 3 nitrogen and oxygen atoms in total. The third-order valence-electron chi connectivity index (χ3n) is 3.63. The van der Waals surface area contributed by atoms with E-state index >= 15 is 0 Å². The summed E-state index contributed by atoms with van der Waals surface area (Å²) >= 11 is 5.98. The fraction of sp³-hybridized carbons (Fsp3) is 0.158. The molecule has 116 valence electrons. The van der Waals surface area contributed by atoms with Crippen molar-refractivity contribution in [1.29, 1.82) is 0 Å². The van der Waals surface area contributed by atoms with E-state index in [4.69, 9.17) is 11.6 Å². The molecule has 0 bridgehead atoms. The Morgan fingerprint density at radius 3 is 2.74 bits per heavy atom. The van der Waals surface area contributed by atoms with Crippen molar-refractivity contribution in [3.05, 3.63) is 75.9 Å². The van der Waals surface area contributed by atoms with Gasteiger partial charge in [0.1, 0.15) is 11.5 Å². The molecule has 0 saturated carbocycles. The Balaban J connectivity index is 1.71. The van der Waals surface area contributed by atoms with Crippen LogP contribution in [-0.4, -0.2) is 11.7 Å². The minimum atomic E-state index is -0.146. The predicted octanol–water partition coefficient (Wildman–Crippen LogP) is 4.15. The molecule has 0 unspecified atom stereocenters. The van der Waals surface area contributed by atoms with E-state index in [2.05, 4.69) is 10.3 Å². The van der Waals surface area contributed by atoms with Crippen LogP contribution in [0.15, 0.2) is 59.2 Å². The molecule has 1 heterocycles. The quantitative estimate of drug-likeness (QED) is 0.843. The van der Waals surface area contributed by atoms with Crippen LogP contribution >= 0.6 is 11.6 Å². The standard InChI is InChI=1S/C19H17ClN2O/c1-13-4-2-6-15(10-13)12-17-19(23)22-18(21-17)9-8-14-5-3-7-16(20)11-14/h2-7,10-12H,8-9H2,1H3,(H,21,22,23)/b17-12+. The topological polar surface area (TPSA) is 41.5 Å². The Morgan fingerprint density at radius 2 is 1.96 bits per heavy atom. The molecular formula is C19H17ClN2O. The van der Waals surface area contributed by atoms with Crippen molar-refractivity contribution >= 4 is 29.4 Å². The van der Waals surface area contributed by atoms with E-state index in [0.717, 1.165) is 28.1 Å². The molecule has 0 atom stereocenters. The Bertz CT molecular complexity index is 809. The van der Waals surface area contributed by atoms with Crippen LogP contribution in [0.4, 0.5) is 0 Å². The first-order valence-electron chi connectivity index (χ1n) is 7.52. The molecule has 2 aromatic rings. The van der Waals surface area contributed by atoms with E-state index in [1.807, 2.05) is 61.5 Å². The molecule has 4 heteroatoms. The maximum Gasteiger partial charge on any atom is 0.275 e. The second-order valence-electron chi connectivity index (χ2n) is 5.59. The monoisotopic (exact) mass is 324 g/mol. The van der Waals surface area contributed by atoms with Crippen LogP contribution in [0.1, 0.15) is 23.1 Å². The number of aryl methyl sites for hydroxylation is 2. The summed E-state index contributed by atoms with van der Waals surface area (Å²) in [7, 11) is 0. The van der Waals surface area contributed by atoms with Crippen LogP contribution in [0.3, 0.4) is 0 Å². The van der Waals surface area contributed by atoms with E-state index in [-0.39, 0.29) is 5.91 Å². The highest BCUT2D eigenvalue weighted by atomic mass is 35.5. The Hall–Kier alpha value is -2.39. The Kier molecular flexibility index (Phi) is 4.58. The van der Waals surface area contributed by atoms with Gasteiger partial charge in [0.2, 0.25) is 0 Å². The van der Waals surface area contributed by atoms with Gasteiger partial charge in [-0.2, -0.15) is 0 Å². The van der Waals surface area contributed by atoms with Gasteiger partial charge < -0.3 is 5.32 Å². The van der Waals surface area contributed by atoms with Gasteiger partial charge in [0.25, 0.3) is 5.91 Å². The number of carbonyl (C=O) groups excluding carboxylic acids is 1. The molecule has 0 fully saturated rings. The van der Waals surface area contributed by atoms with Crippen LogP contribution < -0.4 is 5.32 Å². The van der Waals surface area contributed by atoms with Gasteiger partial charge in [-0.15, -0.1) is 0 Å². The fourth-order valence-corrected chi connectivity index (χ4v) is 2.72. The van der Waals surface area contributed by atoms with Gasteiger partial charge in [-0.25, -0.2) is 4.99 Å². The normalized spacial score (nSPS) is 15.7. The van der Waals surface area contributed by atoms with Gasteiger partial charge in [0.15, 0.2) is 0 Å². The van der Waals surface area contributed by atoms with E-state index < -0.39 is 0 Å². The summed E-state index contributed by atoms with van der Waals surface area (Å²) in [5, 5.41) is 3.56. The zero-order chi connectivity index (χ0) is 16.2. The molecule has 1 aliphatic heterocycles. The van der Waals surface area contributed by atoms with Gasteiger partial charge >= 0.3 is 0 Å². The van der Waals surface area contributed by atoms with E-state index in [1.165, 1.54) is 0 Å². The summed E-state index contributed by atoms with van der Waals surface area (Å²) in [6.07, 6.45) is 3.28. The summed E-state index contributed by atoms with van der Waals surface area (Å²) < 4.78 is 0. The lowest BCUT2D eigenvalue weighted by atomic mass is 10.1. The fourth-order valence-electron chi connectivity index (χ4n) is 2.51. The molecule has 0 aliphatic carbocycles. The van der Waals surface area contributed by atoms with Gasteiger partial charge in [0.05, 0.1) is 0 Å². The molecule has 3 rings (SSSR count). The minimum Gasteiger partial charge on any atom is -0.309 e. The molecule has 0 aromatic heterocycles. The van der Waals surface area contributed by atoms with Crippen molar-refractivity contribution < 1.29 is 4.79 Å². The number of amidine groups is 1. The second kappa shape index (κ2) is 6.80. The first-order valence-corrected chi connectivity index (χ1v) is 7.90. The zero-order valence-electron chi connectivity index (χ0n) is 12.8. The number of nitrogens with one attached hydrogen (secondary N) is 1. The molecular weight excluding hydrogens is 308 g/mol. The number of rotatable bonds is 4. The first-order chi connectivity index (χ1) is 11.1. The van der Waals surface area contributed by atoms with Crippen molar-refractivity contribution in [2.45, 2.75) is 19.8 Å². The van der Waals surface area contributed by atoms with Crippen molar-refractivity contribution in [2.75, 3.05) is 0 Å². The maximum absolute atomic E-state index is 12.0. The van der Waals surface area contributed by atoms with E-state index in [0.29, 0.717) is 18.0 Å². The van der Waals surface area contributed by atoms with Gasteiger partial charge in [-0.1, -0.05) is 53.6 Å². The average Bonchev–Trinajstić information content (AvgIpc) is 2.86. The average molecular weight is 325 g/mol. The Labute approximate surface area is 140 Å². The maximum atomic E-state index is 12.0. The highest BCUT2D eigenvalue weighted by Crippen LogP contribution is 2.16. The largest absolute Gasteiger partial charge is 0.309 e. The van der Waals surface area contributed by atoms with E-state index in [9.17, 15) is 4.79 Å². The van der Waals surface area contributed by atoms with Crippen LogP contribution in [0.2, 0.25) is 5.02 Å². The number of carbonyl (C=O) groups is 1. The SMILES string of the molecule is Cc1cccc(/C=C2/N=C(CCc3cccc(Cl)c3)NC2=O)c1. The molecule has 0 saturated heterocycles. The number of amides is 1. The predicted molar refractivity (Wildman–Crippen MR) is 94.5 cm³/mol. The van der Waals surface area contributed by atoms with E-state index in [1.54, 1.807) is 0 Å². The Morgan fingerprint density at radius 1 is 1.13 bits per heavy atom. The van der Waals surface area contributed by atoms with Crippen molar-refractivity contribution in [2.24, 2.45) is 4.99 Å². The lowest BCUT2D eigenvalue weighted by Crippen LogP contribution is -2.24. The summed E-state index contributed by atoms with van der Waals surface area (Å²) in [6.45, 7) is 2.02. The smallest absolute Gasteiger partial charge is 0.275 e. The molecule has 1 aliphatic rings. The third kappa shape index (κ3) is 4.08. The first kappa shape index (κ1) is 15.5. The summed E-state index contributed by atoms with van der Waals surface area (Å²) in [5.74, 6) is 0.557. The number of hydrogen-bond donors (Lipinski definition) is 1. The summed E-state index contributed by atoms with van der Waals surface area (Å²) in [6, 6.07) is 15.7. The van der Waals surface area contributed by atoms with Crippen LogP contribution in [-0.2, 0) is 11.2 Å². The molecule has 0 spiro atoms. The number of hydrogen-bond acceptors (Lipinski definition) is 2. The third-order valence-corrected chi connectivity index (χ3v) is 3.87. The molecule has 1 amide bonds. The number of benzene rings is 2. The zero-order valence-corrected chi connectivity index (χ0v) is 13.6. The van der Waals surface area contributed by atoms with Crippen LogP contribution in [0, 0.1) is 6.92 Å². The second-order valence-corrected chi connectivity index (χ2v) is 6.02.